The number of fused-ring (bicyclic) bond motifs is 1. The summed E-state index contributed by atoms with van der Waals surface area (Å²) in [6.45, 7) is -0.625. The molecule has 1 aliphatic heterocycles. The minimum absolute atomic E-state index is 0.0353. The molecule has 1 saturated carbocycles. The summed E-state index contributed by atoms with van der Waals surface area (Å²) < 4.78 is 39.1. The third kappa shape index (κ3) is 4.81. The Bertz CT molecular complexity index is 1260. The number of alkyl halides is 3. The van der Waals surface area contributed by atoms with E-state index in [1.165, 1.54) is 11.3 Å². The molecule has 1 aliphatic carbocycles. The molecule has 0 bridgehead atoms. The minimum atomic E-state index is -4.41. The number of rotatable bonds is 6. The molecule has 176 valence electrons. The number of halogens is 3. The topological polar surface area (TPSA) is 83.3 Å². The van der Waals surface area contributed by atoms with Crippen molar-refractivity contribution in [3.63, 3.8) is 0 Å². The van der Waals surface area contributed by atoms with Crippen LogP contribution in [0.4, 0.5) is 18.9 Å². The van der Waals surface area contributed by atoms with Crippen LogP contribution in [0.25, 0.3) is 17.2 Å². The molecule has 3 aromatic rings. The van der Waals surface area contributed by atoms with Crippen molar-refractivity contribution in [1.29, 1.82) is 0 Å². The molecule has 2 aliphatic rings. The van der Waals surface area contributed by atoms with E-state index < -0.39 is 18.6 Å². The van der Waals surface area contributed by atoms with Crippen LogP contribution >= 0.6 is 0 Å². The van der Waals surface area contributed by atoms with Crippen LogP contribution in [0.15, 0.2) is 48.9 Å². The molecule has 2 aromatic heterocycles. The van der Waals surface area contributed by atoms with Crippen molar-refractivity contribution in [3.05, 3.63) is 71.3 Å². The number of hydrogen-bond donors (Lipinski definition) is 2. The molecule has 1 aromatic carbocycles. The first kappa shape index (κ1) is 22.1. The Hall–Kier alpha value is -3.66. The lowest BCUT2D eigenvalue weighted by Crippen LogP contribution is -2.23. The van der Waals surface area contributed by atoms with Gasteiger partial charge in [0.15, 0.2) is 0 Å². The summed E-state index contributed by atoms with van der Waals surface area (Å²) in [5.74, 6) is -0.421. The highest BCUT2D eigenvalue weighted by atomic mass is 19.4. The number of carbonyl (C=O) groups is 1. The van der Waals surface area contributed by atoms with Crippen LogP contribution in [0.2, 0.25) is 0 Å². The fourth-order valence-corrected chi connectivity index (χ4v) is 4.03. The first-order valence-electron chi connectivity index (χ1n) is 10.9. The number of nitrogens with zero attached hydrogens (tertiary/aromatic N) is 4. The van der Waals surface area contributed by atoms with E-state index in [1.54, 1.807) is 12.4 Å². The lowest BCUT2D eigenvalue weighted by molar-refractivity contribution is -0.142. The average molecular weight is 469 g/mol. The molecule has 0 atom stereocenters. The van der Waals surface area contributed by atoms with Crippen LogP contribution in [0.5, 0.6) is 0 Å². The molecule has 0 saturated heterocycles. The van der Waals surface area contributed by atoms with Gasteiger partial charge in [-0.05, 0) is 42.2 Å². The highest BCUT2D eigenvalue weighted by molar-refractivity contribution is 5.95. The second kappa shape index (κ2) is 8.60. The number of aromatic nitrogens is 3. The smallest absolute Gasteiger partial charge is 0.348 e. The molecule has 1 fully saturated rings. The highest BCUT2D eigenvalue weighted by Gasteiger charge is 2.34. The lowest BCUT2D eigenvalue weighted by Gasteiger charge is -2.21. The van der Waals surface area contributed by atoms with Crippen LogP contribution in [-0.2, 0) is 13.1 Å². The van der Waals surface area contributed by atoms with Gasteiger partial charge in [0.05, 0.1) is 23.5 Å². The fraction of sp³-hybridized carbons (Fsp3) is 0.292. The third-order valence-electron chi connectivity index (χ3n) is 5.80. The maximum atomic E-state index is 12.8. The van der Waals surface area contributed by atoms with E-state index in [-0.39, 0.29) is 18.0 Å². The number of amides is 1. The monoisotopic (exact) mass is 469 g/mol. The Morgan fingerprint density at radius 2 is 2.00 bits per heavy atom. The van der Waals surface area contributed by atoms with Crippen molar-refractivity contribution >= 4 is 17.7 Å². The average Bonchev–Trinajstić information content (AvgIpc) is 3.57. The summed E-state index contributed by atoms with van der Waals surface area (Å²) in [7, 11) is 0. The predicted molar refractivity (Wildman–Crippen MR) is 119 cm³/mol. The molecule has 34 heavy (non-hydrogen) atoms. The van der Waals surface area contributed by atoms with Crippen LogP contribution in [0, 0.1) is 0 Å². The molecule has 1 amide bonds. The van der Waals surface area contributed by atoms with Gasteiger partial charge in [0, 0.05) is 42.2 Å². The van der Waals surface area contributed by atoms with Crippen molar-refractivity contribution in [2.45, 2.75) is 38.0 Å². The third-order valence-corrected chi connectivity index (χ3v) is 5.80. The summed E-state index contributed by atoms with van der Waals surface area (Å²) in [5.41, 5.74) is 4.71. The molecule has 5 rings (SSSR count). The van der Waals surface area contributed by atoms with E-state index in [1.807, 2.05) is 36.4 Å². The zero-order valence-electron chi connectivity index (χ0n) is 18.1. The van der Waals surface area contributed by atoms with Gasteiger partial charge in [0.25, 0.3) is 5.91 Å². The van der Waals surface area contributed by atoms with E-state index in [0.717, 1.165) is 45.5 Å². The standard InChI is InChI=1S/C24H22F3N5O2/c25-24(26,27)14-31-13-20(22(30-31)16-3-4-16)23(33)29-11-15-8-19(12-28-10-15)17-5-6-21-18(9-17)2-1-7-32(21)34/h1-2,5-6,8-10,12-13,16,34H,3-4,7,11,14H2,(H,29,33). The van der Waals surface area contributed by atoms with E-state index in [4.69, 9.17) is 0 Å². The Morgan fingerprint density at radius 1 is 1.18 bits per heavy atom. The number of pyridine rings is 1. The van der Waals surface area contributed by atoms with Crippen molar-refractivity contribution in [2.24, 2.45) is 0 Å². The van der Waals surface area contributed by atoms with Gasteiger partial charge in [-0.3, -0.25) is 24.7 Å². The molecule has 10 heteroatoms. The molecule has 0 unspecified atom stereocenters. The lowest BCUT2D eigenvalue weighted by atomic mass is 10.0. The summed E-state index contributed by atoms with van der Waals surface area (Å²) in [6, 6.07) is 7.57. The quantitative estimate of drug-likeness (QED) is 0.554. The Balaban J connectivity index is 1.31. The summed E-state index contributed by atoms with van der Waals surface area (Å²) in [5, 5.41) is 18.0. The van der Waals surface area contributed by atoms with E-state index in [2.05, 4.69) is 15.4 Å². The summed E-state index contributed by atoms with van der Waals surface area (Å²) in [6.07, 6.45) is 5.56. The maximum absolute atomic E-state index is 12.8. The van der Waals surface area contributed by atoms with Gasteiger partial charge in [0.1, 0.15) is 6.54 Å². The number of nitrogens with one attached hydrogen (secondary N) is 1. The predicted octanol–water partition coefficient (Wildman–Crippen LogP) is 4.54. The van der Waals surface area contributed by atoms with Gasteiger partial charge in [0.2, 0.25) is 0 Å². The van der Waals surface area contributed by atoms with Gasteiger partial charge in [-0.2, -0.15) is 18.3 Å². The van der Waals surface area contributed by atoms with E-state index in [9.17, 15) is 23.2 Å². The van der Waals surface area contributed by atoms with Crippen molar-refractivity contribution in [1.82, 2.24) is 20.1 Å². The van der Waals surface area contributed by atoms with Crippen LogP contribution < -0.4 is 10.4 Å². The maximum Gasteiger partial charge on any atom is 0.408 e. The summed E-state index contributed by atoms with van der Waals surface area (Å²) in [4.78, 5) is 17.1. The Labute approximate surface area is 193 Å². The van der Waals surface area contributed by atoms with Gasteiger partial charge >= 0.3 is 6.18 Å². The van der Waals surface area contributed by atoms with Crippen LogP contribution in [0.3, 0.4) is 0 Å². The van der Waals surface area contributed by atoms with Gasteiger partial charge in [-0.1, -0.05) is 18.2 Å². The van der Waals surface area contributed by atoms with Crippen LogP contribution in [-0.4, -0.2) is 38.6 Å². The normalized spacial score (nSPS) is 15.4. The van der Waals surface area contributed by atoms with Crippen molar-refractivity contribution in [2.75, 3.05) is 11.6 Å². The molecular formula is C24H22F3N5O2. The first-order valence-corrected chi connectivity index (χ1v) is 10.9. The number of carbonyl (C=O) groups excluding carboxylic acids is 1. The fourth-order valence-electron chi connectivity index (χ4n) is 4.03. The van der Waals surface area contributed by atoms with E-state index >= 15 is 0 Å². The Morgan fingerprint density at radius 3 is 2.76 bits per heavy atom. The molecule has 7 nitrogen and oxygen atoms in total. The van der Waals surface area contributed by atoms with Gasteiger partial charge < -0.3 is 5.32 Å². The molecule has 3 heterocycles. The number of anilines is 1. The Kier molecular flexibility index (Phi) is 5.60. The SMILES string of the molecule is O=C(NCc1cncc(-c2ccc3c(c2)C=CCN3O)c1)c1cn(CC(F)(F)F)nc1C1CC1. The molecule has 0 spiro atoms. The zero-order chi connectivity index (χ0) is 23.9. The molecular weight excluding hydrogens is 447 g/mol. The first-order chi connectivity index (χ1) is 16.3. The van der Waals surface area contributed by atoms with Gasteiger partial charge in [-0.25, -0.2) is 0 Å². The van der Waals surface area contributed by atoms with Gasteiger partial charge in [-0.15, -0.1) is 0 Å². The van der Waals surface area contributed by atoms with Crippen molar-refractivity contribution < 1.29 is 23.2 Å². The number of benzene rings is 1. The number of hydroxylamine groups is 1. The van der Waals surface area contributed by atoms with Crippen LogP contribution in [0.1, 0.15) is 45.9 Å². The van der Waals surface area contributed by atoms with Crippen molar-refractivity contribution in [3.8, 4) is 11.1 Å². The largest absolute Gasteiger partial charge is 0.408 e. The zero-order valence-corrected chi connectivity index (χ0v) is 18.1. The number of hydrogen-bond acceptors (Lipinski definition) is 5. The summed E-state index contributed by atoms with van der Waals surface area (Å²) >= 11 is 0. The minimum Gasteiger partial charge on any atom is -0.348 e. The van der Waals surface area contributed by atoms with E-state index in [0.29, 0.717) is 12.2 Å². The second-order valence-electron chi connectivity index (χ2n) is 8.54. The molecule has 0 radical (unpaired) electrons. The second-order valence-corrected chi connectivity index (χ2v) is 8.54. The highest BCUT2D eigenvalue weighted by Crippen LogP contribution is 2.41. The molecule has 2 N–H and O–H groups in total.